The van der Waals surface area contributed by atoms with Gasteiger partial charge < -0.3 is 14.6 Å². The number of hydrazone groups is 1. The van der Waals surface area contributed by atoms with E-state index < -0.39 is 4.92 Å². The van der Waals surface area contributed by atoms with Crippen LogP contribution >= 0.6 is 0 Å². The number of hydrogen-bond acceptors (Lipinski definition) is 10. The Kier molecular flexibility index (Phi) is 7.19. The van der Waals surface area contributed by atoms with Crippen molar-refractivity contribution >= 4 is 29.7 Å². The first-order valence-corrected chi connectivity index (χ1v) is 11.2. The molecule has 2 heterocycles. The fraction of sp³-hybridized carbons (Fsp3) is 0.200. The number of aromatic nitrogens is 3. The molecule has 184 valence electrons. The standard InChI is InChI=1S/C25H26N8O3/c1-16-12-20(21(33(34)35)13-17(16)2)22-11-10-19(36-22)15-27-31-24-28-23(29-25(30-24)32(3)4)26-14-18-8-6-5-7-9-18/h5-13,15H,14H2,1-4H3,(H2,26,28,29,30,31)/b27-15-. The van der Waals surface area contributed by atoms with E-state index in [0.717, 1.165) is 16.7 Å². The van der Waals surface area contributed by atoms with Crippen LogP contribution in [-0.2, 0) is 6.54 Å². The summed E-state index contributed by atoms with van der Waals surface area (Å²) in [4.78, 5) is 26.0. The van der Waals surface area contributed by atoms with Crippen molar-refractivity contribution in [3.8, 4) is 11.3 Å². The number of nitro benzene ring substituents is 1. The zero-order valence-corrected chi connectivity index (χ0v) is 20.4. The Labute approximate surface area is 208 Å². The average Bonchev–Trinajstić information content (AvgIpc) is 3.33. The predicted octanol–water partition coefficient (Wildman–Crippen LogP) is 4.78. The van der Waals surface area contributed by atoms with Crippen LogP contribution in [0.5, 0.6) is 0 Å². The average molecular weight is 487 g/mol. The summed E-state index contributed by atoms with van der Waals surface area (Å²) >= 11 is 0. The molecule has 2 N–H and O–H groups in total. The highest BCUT2D eigenvalue weighted by molar-refractivity contribution is 5.79. The number of furan rings is 1. The molecular weight excluding hydrogens is 460 g/mol. The molecule has 0 amide bonds. The molecule has 11 heteroatoms. The Morgan fingerprint density at radius 2 is 1.75 bits per heavy atom. The summed E-state index contributed by atoms with van der Waals surface area (Å²) in [6.07, 6.45) is 1.45. The summed E-state index contributed by atoms with van der Waals surface area (Å²) in [6, 6.07) is 16.6. The summed E-state index contributed by atoms with van der Waals surface area (Å²) < 4.78 is 5.80. The molecule has 4 rings (SSSR count). The van der Waals surface area contributed by atoms with Gasteiger partial charge in [-0.2, -0.15) is 20.1 Å². The Balaban J connectivity index is 1.50. The van der Waals surface area contributed by atoms with Crippen molar-refractivity contribution in [2.45, 2.75) is 20.4 Å². The molecule has 0 aliphatic carbocycles. The second kappa shape index (κ2) is 10.6. The van der Waals surface area contributed by atoms with Crippen molar-refractivity contribution in [1.82, 2.24) is 15.0 Å². The van der Waals surface area contributed by atoms with Crippen molar-refractivity contribution in [3.63, 3.8) is 0 Å². The van der Waals surface area contributed by atoms with E-state index >= 15 is 0 Å². The smallest absolute Gasteiger partial charge is 0.280 e. The molecule has 0 saturated heterocycles. The van der Waals surface area contributed by atoms with Gasteiger partial charge in [0.1, 0.15) is 11.5 Å². The fourth-order valence-corrected chi connectivity index (χ4v) is 3.34. The second-order valence-electron chi connectivity index (χ2n) is 8.30. The number of benzene rings is 2. The quantitative estimate of drug-likeness (QED) is 0.195. The zero-order valence-electron chi connectivity index (χ0n) is 20.4. The van der Waals surface area contributed by atoms with Crippen LogP contribution in [-0.4, -0.2) is 40.2 Å². The molecule has 0 atom stereocenters. The summed E-state index contributed by atoms with van der Waals surface area (Å²) in [5, 5.41) is 18.9. The third kappa shape index (κ3) is 5.81. The van der Waals surface area contributed by atoms with E-state index in [4.69, 9.17) is 4.42 Å². The maximum Gasteiger partial charge on any atom is 0.280 e. The molecule has 0 fully saturated rings. The normalized spacial score (nSPS) is 11.0. The van der Waals surface area contributed by atoms with Crippen LogP contribution in [0.2, 0.25) is 0 Å². The third-order valence-corrected chi connectivity index (χ3v) is 5.37. The second-order valence-corrected chi connectivity index (χ2v) is 8.30. The monoisotopic (exact) mass is 486 g/mol. The van der Waals surface area contributed by atoms with Crippen LogP contribution in [0.15, 0.2) is 64.1 Å². The van der Waals surface area contributed by atoms with Gasteiger partial charge in [0.25, 0.3) is 5.69 Å². The van der Waals surface area contributed by atoms with Gasteiger partial charge in [-0.15, -0.1) is 0 Å². The van der Waals surface area contributed by atoms with Gasteiger partial charge in [0.05, 0.1) is 16.7 Å². The van der Waals surface area contributed by atoms with Crippen LogP contribution in [0, 0.1) is 24.0 Å². The number of nitrogens with zero attached hydrogens (tertiary/aromatic N) is 6. The molecule has 0 bridgehead atoms. The lowest BCUT2D eigenvalue weighted by Gasteiger charge is -2.13. The molecule has 2 aromatic heterocycles. The first-order valence-electron chi connectivity index (χ1n) is 11.2. The van der Waals surface area contributed by atoms with Crippen LogP contribution in [0.4, 0.5) is 23.5 Å². The lowest BCUT2D eigenvalue weighted by atomic mass is 10.0. The van der Waals surface area contributed by atoms with Gasteiger partial charge in [0.15, 0.2) is 0 Å². The lowest BCUT2D eigenvalue weighted by Crippen LogP contribution is -2.16. The molecule has 0 unspecified atom stereocenters. The van der Waals surface area contributed by atoms with E-state index in [9.17, 15) is 10.1 Å². The summed E-state index contributed by atoms with van der Waals surface area (Å²) in [6.45, 7) is 4.29. The first-order chi connectivity index (χ1) is 17.3. The Morgan fingerprint density at radius 1 is 1.03 bits per heavy atom. The van der Waals surface area contributed by atoms with E-state index in [2.05, 4.69) is 30.8 Å². The molecular formula is C25H26N8O3. The van der Waals surface area contributed by atoms with E-state index in [-0.39, 0.29) is 11.6 Å². The van der Waals surface area contributed by atoms with Crippen LogP contribution in [0.25, 0.3) is 11.3 Å². The minimum Gasteiger partial charge on any atom is -0.455 e. The number of aryl methyl sites for hydroxylation is 2. The number of nitro groups is 1. The van der Waals surface area contributed by atoms with Gasteiger partial charge in [-0.3, -0.25) is 10.1 Å². The van der Waals surface area contributed by atoms with Gasteiger partial charge >= 0.3 is 0 Å². The van der Waals surface area contributed by atoms with Crippen molar-refractivity contribution < 1.29 is 9.34 Å². The van der Waals surface area contributed by atoms with Crippen LogP contribution in [0.1, 0.15) is 22.5 Å². The third-order valence-electron chi connectivity index (χ3n) is 5.37. The topological polar surface area (TPSA) is 135 Å². The zero-order chi connectivity index (χ0) is 25.7. The minimum absolute atomic E-state index is 0.00834. The number of nitrogens with one attached hydrogen (secondary N) is 2. The van der Waals surface area contributed by atoms with Crippen LogP contribution in [0.3, 0.4) is 0 Å². The largest absolute Gasteiger partial charge is 0.455 e. The van der Waals surface area contributed by atoms with Gasteiger partial charge in [-0.25, -0.2) is 5.43 Å². The lowest BCUT2D eigenvalue weighted by molar-refractivity contribution is -0.384. The maximum absolute atomic E-state index is 11.5. The van der Waals surface area contributed by atoms with Crippen LogP contribution < -0.4 is 15.6 Å². The van der Waals surface area contributed by atoms with Gasteiger partial charge in [-0.1, -0.05) is 30.3 Å². The van der Waals surface area contributed by atoms with E-state index in [1.807, 2.05) is 58.3 Å². The van der Waals surface area contributed by atoms with Gasteiger partial charge in [-0.05, 0) is 48.7 Å². The van der Waals surface area contributed by atoms with E-state index in [1.165, 1.54) is 6.21 Å². The number of hydrogen-bond donors (Lipinski definition) is 2. The van der Waals surface area contributed by atoms with Crippen molar-refractivity contribution in [3.05, 3.63) is 87.2 Å². The summed E-state index contributed by atoms with van der Waals surface area (Å²) in [5.41, 5.74) is 6.07. The minimum atomic E-state index is -0.411. The Hall–Kier alpha value is -4.80. The molecule has 2 aromatic carbocycles. The molecule has 0 aliphatic rings. The first kappa shape index (κ1) is 24.3. The van der Waals surface area contributed by atoms with Gasteiger partial charge in [0, 0.05) is 26.7 Å². The Morgan fingerprint density at radius 3 is 2.47 bits per heavy atom. The molecule has 11 nitrogen and oxygen atoms in total. The SMILES string of the molecule is Cc1cc(-c2ccc(/C=N\Nc3nc(NCc4ccccc4)nc(N(C)C)n3)o2)c([N+](=O)[O-])cc1C. The maximum atomic E-state index is 11.5. The highest BCUT2D eigenvalue weighted by Crippen LogP contribution is 2.33. The highest BCUT2D eigenvalue weighted by Gasteiger charge is 2.19. The predicted molar refractivity (Wildman–Crippen MR) is 139 cm³/mol. The van der Waals surface area contributed by atoms with Crippen molar-refractivity contribution in [1.29, 1.82) is 0 Å². The summed E-state index contributed by atoms with van der Waals surface area (Å²) in [5.74, 6) is 1.90. The van der Waals surface area contributed by atoms with Crippen molar-refractivity contribution in [2.24, 2.45) is 5.10 Å². The molecule has 0 radical (unpaired) electrons. The van der Waals surface area contributed by atoms with E-state index in [1.54, 1.807) is 29.2 Å². The fourth-order valence-electron chi connectivity index (χ4n) is 3.34. The molecule has 4 aromatic rings. The molecule has 0 aliphatic heterocycles. The van der Waals surface area contributed by atoms with E-state index in [0.29, 0.717) is 35.5 Å². The van der Waals surface area contributed by atoms with Crippen molar-refractivity contribution in [2.75, 3.05) is 29.7 Å². The summed E-state index contributed by atoms with van der Waals surface area (Å²) in [7, 11) is 3.67. The number of anilines is 3. The molecule has 0 spiro atoms. The van der Waals surface area contributed by atoms with Gasteiger partial charge in [0.2, 0.25) is 17.8 Å². The Bertz CT molecular complexity index is 1400. The molecule has 0 saturated carbocycles. The highest BCUT2D eigenvalue weighted by atomic mass is 16.6. The molecule has 36 heavy (non-hydrogen) atoms. The number of rotatable bonds is 9.